The molecule has 0 bridgehead atoms. The molecule has 0 radical (unpaired) electrons. The first-order valence-electron chi connectivity index (χ1n) is 5.45. The second kappa shape index (κ2) is 5.40. The van der Waals surface area contributed by atoms with Crippen LogP contribution in [0.15, 0.2) is 24.3 Å². The van der Waals surface area contributed by atoms with E-state index in [2.05, 4.69) is 0 Å². The molecule has 0 aromatic heterocycles. The minimum Gasteiger partial charge on any atom is -0.508 e. The van der Waals surface area contributed by atoms with Crippen molar-refractivity contribution in [1.82, 2.24) is 5.32 Å². The standard InChI is InChI=1S/C12H12F3NO4/c1-11(10(19)20,12(13,14)15)16-9(18)6-7-3-2-4-8(17)5-7/h2-5,17H,6H2,1H3,(H,16,18)(H,19,20). The van der Waals surface area contributed by atoms with E-state index < -0.39 is 30.0 Å². The lowest BCUT2D eigenvalue weighted by Crippen LogP contribution is -2.62. The van der Waals surface area contributed by atoms with Gasteiger partial charge in [-0.1, -0.05) is 12.1 Å². The first-order valence-corrected chi connectivity index (χ1v) is 5.45. The van der Waals surface area contributed by atoms with Gasteiger partial charge in [0, 0.05) is 0 Å². The van der Waals surface area contributed by atoms with Crippen LogP contribution in [-0.2, 0) is 16.0 Å². The molecule has 110 valence electrons. The molecule has 1 amide bonds. The molecule has 0 spiro atoms. The lowest BCUT2D eigenvalue weighted by Gasteiger charge is -2.28. The average Bonchev–Trinajstić information content (AvgIpc) is 2.26. The van der Waals surface area contributed by atoms with Gasteiger partial charge < -0.3 is 15.5 Å². The Morgan fingerprint density at radius 1 is 1.30 bits per heavy atom. The lowest BCUT2D eigenvalue weighted by molar-refractivity contribution is -0.206. The highest BCUT2D eigenvalue weighted by Gasteiger charge is 2.58. The van der Waals surface area contributed by atoms with Gasteiger partial charge in [-0.05, 0) is 24.6 Å². The number of amides is 1. The highest BCUT2D eigenvalue weighted by molar-refractivity contribution is 5.88. The first-order chi connectivity index (χ1) is 9.06. The molecule has 0 fully saturated rings. The molecule has 0 aliphatic heterocycles. The number of carbonyl (C=O) groups excluding carboxylic acids is 1. The Balaban J connectivity index is 2.86. The van der Waals surface area contributed by atoms with E-state index in [0.29, 0.717) is 6.92 Å². The van der Waals surface area contributed by atoms with E-state index in [-0.39, 0.29) is 11.3 Å². The average molecular weight is 291 g/mol. The van der Waals surface area contributed by atoms with Gasteiger partial charge in [-0.2, -0.15) is 13.2 Å². The number of phenolic OH excluding ortho intramolecular Hbond substituents is 1. The normalized spacial score (nSPS) is 14.4. The molecule has 8 heteroatoms. The fourth-order valence-corrected chi connectivity index (χ4v) is 1.42. The topological polar surface area (TPSA) is 86.6 Å². The van der Waals surface area contributed by atoms with Crippen LogP contribution >= 0.6 is 0 Å². The van der Waals surface area contributed by atoms with Gasteiger partial charge in [0.05, 0.1) is 6.42 Å². The zero-order valence-electron chi connectivity index (χ0n) is 10.4. The zero-order valence-corrected chi connectivity index (χ0v) is 10.4. The Labute approximate surface area is 112 Å². The van der Waals surface area contributed by atoms with Crippen molar-refractivity contribution in [2.45, 2.75) is 25.1 Å². The summed E-state index contributed by atoms with van der Waals surface area (Å²) in [6.07, 6.45) is -5.61. The maximum atomic E-state index is 12.7. The number of hydrogen-bond donors (Lipinski definition) is 3. The molecule has 0 aliphatic rings. The van der Waals surface area contributed by atoms with Crippen LogP contribution in [0, 0.1) is 0 Å². The molecule has 1 aromatic carbocycles. The van der Waals surface area contributed by atoms with Crippen LogP contribution in [0.25, 0.3) is 0 Å². The lowest BCUT2D eigenvalue weighted by atomic mass is 10.0. The van der Waals surface area contributed by atoms with Crippen LogP contribution in [0.2, 0.25) is 0 Å². The van der Waals surface area contributed by atoms with Gasteiger partial charge in [0.25, 0.3) is 0 Å². The van der Waals surface area contributed by atoms with E-state index in [0.717, 1.165) is 0 Å². The second-order valence-electron chi connectivity index (χ2n) is 4.32. The molecule has 0 saturated carbocycles. The minimum atomic E-state index is -5.13. The fourth-order valence-electron chi connectivity index (χ4n) is 1.42. The molecule has 1 atom stereocenters. The molecule has 1 aromatic rings. The summed E-state index contributed by atoms with van der Waals surface area (Å²) >= 11 is 0. The Bertz CT molecular complexity index is 530. The number of halogens is 3. The predicted molar refractivity (Wildman–Crippen MR) is 62.0 cm³/mol. The Morgan fingerprint density at radius 2 is 1.90 bits per heavy atom. The largest absolute Gasteiger partial charge is 0.508 e. The van der Waals surface area contributed by atoms with Crippen LogP contribution in [0.4, 0.5) is 13.2 Å². The van der Waals surface area contributed by atoms with Crippen molar-refractivity contribution in [3.63, 3.8) is 0 Å². The van der Waals surface area contributed by atoms with Crippen molar-refractivity contribution in [2.75, 3.05) is 0 Å². The van der Waals surface area contributed by atoms with Crippen molar-refractivity contribution in [3.05, 3.63) is 29.8 Å². The summed E-state index contributed by atoms with van der Waals surface area (Å²) in [7, 11) is 0. The quantitative estimate of drug-likeness (QED) is 0.783. The number of carboxylic acids is 1. The number of carbonyl (C=O) groups is 2. The summed E-state index contributed by atoms with van der Waals surface area (Å²) in [6, 6.07) is 5.37. The number of rotatable bonds is 4. The van der Waals surface area contributed by atoms with Crippen molar-refractivity contribution in [3.8, 4) is 5.75 Å². The fraction of sp³-hybridized carbons (Fsp3) is 0.333. The van der Waals surface area contributed by atoms with Crippen LogP contribution in [-0.4, -0.2) is 33.8 Å². The molecule has 0 saturated heterocycles. The Hall–Kier alpha value is -2.25. The molecule has 5 nitrogen and oxygen atoms in total. The van der Waals surface area contributed by atoms with E-state index in [9.17, 15) is 27.9 Å². The van der Waals surface area contributed by atoms with Gasteiger partial charge in [0.2, 0.25) is 11.4 Å². The van der Waals surface area contributed by atoms with Gasteiger partial charge in [0.1, 0.15) is 5.75 Å². The van der Waals surface area contributed by atoms with Gasteiger partial charge in [-0.25, -0.2) is 4.79 Å². The molecule has 3 N–H and O–H groups in total. The maximum Gasteiger partial charge on any atom is 0.422 e. The second-order valence-corrected chi connectivity index (χ2v) is 4.32. The molecule has 0 aliphatic carbocycles. The van der Waals surface area contributed by atoms with E-state index in [1.165, 1.54) is 29.6 Å². The van der Waals surface area contributed by atoms with Gasteiger partial charge in [0.15, 0.2) is 0 Å². The number of alkyl halides is 3. The van der Waals surface area contributed by atoms with E-state index in [4.69, 9.17) is 5.11 Å². The molecular formula is C12H12F3NO4. The van der Waals surface area contributed by atoms with Crippen molar-refractivity contribution in [1.29, 1.82) is 0 Å². The van der Waals surface area contributed by atoms with Crippen molar-refractivity contribution >= 4 is 11.9 Å². The van der Waals surface area contributed by atoms with Crippen molar-refractivity contribution in [2.24, 2.45) is 0 Å². The summed E-state index contributed by atoms with van der Waals surface area (Å²) in [5.41, 5.74) is -3.10. The number of benzene rings is 1. The molecule has 0 heterocycles. The molecule has 20 heavy (non-hydrogen) atoms. The minimum absolute atomic E-state index is 0.146. The summed E-state index contributed by atoms with van der Waals surface area (Å²) in [5.74, 6) is -3.46. The van der Waals surface area contributed by atoms with E-state index in [1.807, 2.05) is 0 Å². The van der Waals surface area contributed by atoms with E-state index >= 15 is 0 Å². The SMILES string of the molecule is CC(NC(=O)Cc1cccc(O)c1)(C(=O)O)C(F)(F)F. The number of carboxylic acid groups (broad SMARTS) is 1. The van der Waals surface area contributed by atoms with Crippen LogP contribution < -0.4 is 5.32 Å². The highest BCUT2D eigenvalue weighted by Crippen LogP contribution is 2.30. The van der Waals surface area contributed by atoms with Crippen LogP contribution in [0.3, 0.4) is 0 Å². The van der Waals surface area contributed by atoms with E-state index in [1.54, 1.807) is 0 Å². The zero-order chi connectivity index (χ0) is 15.6. The number of hydrogen-bond acceptors (Lipinski definition) is 3. The van der Waals surface area contributed by atoms with Gasteiger partial charge >= 0.3 is 12.1 Å². The third-order valence-corrected chi connectivity index (χ3v) is 2.66. The summed E-state index contributed by atoms with van der Waals surface area (Å²) in [4.78, 5) is 22.3. The van der Waals surface area contributed by atoms with Gasteiger partial charge in [-0.3, -0.25) is 4.79 Å². The number of phenols is 1. The van der Waals surface area contributed by atoms with Crippen LogP contribution in [0.1, 0.15) is 12.5 Å². The number of aliphatic carboxylic acids is 1. The summed E-state index contributed by atoms with van der Waals surface area (Å²) in [6.45, 7) is 0.371. The predicted octanol–water partition coefficient (Wildman–Crippen LogP) is 1.46. The van der Waals surface area contributed by atoms with Crippen LogP contribution in [0.5, 0.6) is 5.75 Å². The highest BCUT2D eigenvalue weighted by atomic mass is 19.4. The third kappa shape index (κ3) is 3.40. The van der Waals surface area contributed by atoms with Crippen molar-refractivity contribution < 1.29 is 33.0 Å². The monoisotopic (exact) mass is 291 g/mol. The number of nitrogens with one attached hydrogen (secondary N) is 1. The number of aromatic hydroxyl groups is 1. The first kappa shape index (κ1) is 15.8. The summed E-state index contributed by atoms with van der Waals surface area (Å²) < 4.78 is 38.0. The maximum absolute atomic E-state index is 12.7. The smallest absolute Gasteiger partial charge is 0.422 e. The Morgan fingerprint density at radius 3 is 2.35 bits per heavy atom. The Kier molecular flexibility index (Phi) is 4.26. The molecular weight excluding hydrogens is 279 g/mol. The summed E-state index contributed by atoms with van der Waals surface area (Å²) in [5, 5.41) is 19.3. The van der Waals surface area contributed by atoms with Gasteiger partial charge in [-0.15, -0.1) is 0 Å². The molecule has 1 unspecified atom stereocenters. The molecule has 1 rings (SSSR count). The third-order valence-electron chi connectivity index (χ3n) is 2.66.